The van der Waals surface area contributed by atoms with E-state index in [0.717, 1.165) is 16.4 Å². The van der Waals surface area contributed by atoms with Gasteiger partial charge < -0.3 is 14.6 Å². The fraction of sp³-hybridized carbons (Fsp3) is 0.278. The first kappa shape index (κ1) is 22.0. The first-order valence-corrected chi connectivity index (χ1v) is 9.86. The fourth-order valence-corrected chi connectivity index (χ4v) is 4.35. The van der Waals surface area contributed by atoms with Crippen molar-refractivity contribution in [1.82, 2.24) is 0 Å². The molecule has 0 fully saturated rings. The number of anilines is 1. The molecule has 0 aliphatic rings. The molecule has 0 bridgehead atoms. The number of benzene rings is 2. The highest BCUT2D eigenvalue weighted by Gasteiger charge is 2.33. The van der Waals surface area contributed by atoms with Gasteiger partial charge in [0.05, 0.1) is 24.8 Å². The Bertz CT molecular complexity index is 1010. The number of ether oxygens (including phenoxy) is 2. The molecule has 2 rings (SSSR count). The van der Waals surface area contributed by atoms with Crippen molar-refractivity contribution in [3.8, 4) is 11.5 Å². The maximum Gasteiger partial charge on any atom is 0.303 e. The number of nitro benzene ring substituents is 1. The summed E-state index contributed by atoms with van der Waals surface area (Å²) in [5.41, 5.74) is -0.472. The summed E-state index contributed by atoms with van der Waals surface area (Å²) < 4.78 is 38.0. The summed E-state index contributed by atoms with van der Waals surface area (Å²) in [6.45, 7) is -0.219. The molecule has 0 radical (unpaired) electrons. The highest BCUT2D eigenvalue weighted by atomic mass is 32.2. The van der Waals surface area contributed by atoms with Crippen molar-refractivity contribution < 1.29 is 32.7 Å². The van der Waals surface area contributed by atoms with Crippen LogP contribution in [-0.2, 0) is 14.8 Å². The molecule has 10 nitrogen and oxygen atoms in total. The van der Waals surface area contributed by atoms with E-state index in [-0.39, 0.29) is 30.8 Å². The van der Waals surface area contributed by atoms with E-state index >= 15 is 0 Å². The van der Waals surface area contributed by atoms with Gasteiger partial charge in [-0.2, -0.15) is 0 Å². The van der Waals surface area contributed by atoms with Gasteiger partial charge in [0.15, 0.2) is 4.90 Å². The Hall–Kier alpha value is -3.34. The van der Waals surface area contributed by atoms with E-state index in [4.69, 9.17) is 14.6 Å². The molecule has 2 aromatic carbocycles. The van der Waals surface area contributed by atoms with Crippen LogP contribution in [0.3, 0.4) is 0 Å². The smallest absolute Gasteiger partial charge is 0.303 e. The Kier molecular flexibility index (Phi) is 6.99. The monoisotopic (exact) mass is 424 g/mol. The second-order valence-electron chi connectivity index (χ2n) is 5.84. The Labute approximate surface area is 167 Å². The summed E-state index contributed by atoms with van der Waals surface area (Å²) >= 11 is 0. The second-order valence-corrected chi connectivity index (χ2v) is 7.67. The molecule has 156 valence electrons. The van der Waals surface area contributed by atoms with E-state index < -0.39 is 31.5 Å². The highest BCUT2D eigenvalue weighted by Crippen LogP contribution is 2.37. The number of hydrogen-bond acceptors (Lipinski definition) is 7. The van der Waals surface area contributed by atoms with Gasteiger partial charge in [0, 0.05) is 25.1 Å². The number of rotatable bonds is 10. The lowest BCUT2D eigenvalue weighted by atomic mass is 10.2. The molecule has 11 heteroatoms. The fourth-order valence-electron chi connectivity index (χ4n) is 2.68. The third-order valence-electron chi connectivity index (χ3n) is 4.04. The predicted octanol–water partition coefficient (Wildman–Crippen LogP) is 2.67. The number of carboxylic acid groups (broad SMARTS) is 1. The van der Waals surface area contributed by atoms with Gasteiger partial charge >= 0.3 is 5.97 Å². The van der Waals surface area contributed by atoms with Crippen LogP contribution in [-0.4, -0.2) is 45.2 Å². The first-order chi connectivity index (χ1) is 13.7. The quantitative estimate of drug-likeness (QED) is 0.454. The van der Waals surface area contributed by atoms with Crippen molar-refractivity contribution in [2.75, 3.05) is 25.1 Å². The van der Waals surface area contributed by atoms with Crippen LogP contribution in [0, 0.1) is 10.1 Å². The standard InChI is InChI=1S/C18H20N2O8S/c1-27-13-9-10-14(16(12-13)28-2)19(11-5-8-18(21)22)29(25,26)17-7-4-3-6-15(17)20(23)24/h3-4,6-7,9-10,12H,5,8,11H2,1-2H3,(H,21,22). The SMILES string of the molecule is COc1ccc(N(CCCC(=O)O)S(=O)(=O)c2ccccc2[N+](=O)[O-])c(OC)c1. The number of aliphatic carboxylic acids is 1. The third-order valence-corrected chi connectivity index (χ3v) is 5.90. The molecule has 2 aromatic rings. The van der Waals surface area contributed by atoms with Crippen LogP contribution < -0.4 is 13.8 Å². The number of carbonyl (C=O) groups is 1. The number of hydrogen-bond donors (Lipinski definition) is 1. The minimum Gasteiger partial charge on any atom is -0.497 e. The Morgan fingerprint density at radius 3 is 2.45 bits per heavy atom. The summed E-state index contributed by atoms with van der Waals surface area (Å²) in [4.78, 5) is 20.9. The van der Waals surface area contributed by atoms with Crippen LogP contribution >= 0.6 is 0 Å². The van der Waals surface area contributed by atoms with E-state index in [1.54, 1.807) is 0 Å². The van der Waals surface area contributed by atoms with Gasteiger partial charge in [-0.1, -0.05) is 12.1 Å². The number of methoxy groups -OCH3 is 2. The van der Waals surface area contributed by atoms with Gasteiger partial charge in [0.2, 0.25) is 0 Å². The van der Waals surface area contributed by atoms with Gasteiger partial charge in [-0.05, 0) is 24.6 Å². The zero-order valence-electron chi connectivity index (χ0n) is 15.8. The van der Waals surface area contributed by atoms with Crippen LogP contribution in [0.1, 0.15) is 12.8 Å². The average molecular weight is 424 g/mol. The molecule has 0 saturated carbocycles. The van der Waals surface area contributed by atoms with Crippen molar-refractivity contribution in [2.24, 2.45) is 0 Å². The van der Waals surface area contributed by atoms with Gasteiger partial charge in [0.1, 0.15) is 11.5 Å². The molecule has 0 spiro atoms. The molecule has 0 aliphatic heterocycles. The molecule has 29 heavy (non-hydrogen) atoms. The van der Waals surface area contributed by atoms with Crippen LogP contribution in [0.25, 0.3) is 0 Å². The molecule has 0 heterocycles. The van der Waals surface area contributed by atoms with Gasteiger partial charge in [-0.3, -0.25) is 19.2 Å². The minimum absolute atomic E-state index is 0.00955. The number of para-hydroxylation sites is 1. The van der Waals surface area contributed by atoms with Gasteiger partial charge in [-0.25, -0.2) is 8.42 Å². The van der Waals surface area contributed by atoms with Crippen molar-refractivity contribution in [3.63, 3.8) is 0 Å². The predicted molar refractivity (Wildman–Crippen MR) is 104 cm³/mol. The van der Waals surface area contributed by atoms with Crippen LogP contribution in [0.2, 0.25) is 0 Å². The van der Waals surface area contributed by atoms with Crippen LogP contribution in [0.4, 0.5) is 11.4 Å². The number of carboxylic acids is 1. The zero-order chi connectivity index (χ0) is 21.6. The molecule has 0 amide bonds. The number of nitrogens with zero attached hydrogens (tertiary/aromatic N) is 2. The van der Waals surface area contributed by atoms with Gasteiger partial charge in [-0.15, -0.1) is 0 Å². The minimum atomic E-state index is -4.40. The Balaban J connectivity index is 2.62. The molecule has 0 atom stereocenters. The van der Waals surface area contributed by atoms with E-state index in [0.29, 0.717) is 5.75 Å². The Morgan fingerprint density at radius 1 is 1.17 bits per heavy atom. The van der Waals surface area contributed by atoms with E-state index in [9.17, 15) is 23.3 Å². The lowest BCUT2D eigenvalue weighted by Crippen LogP contribution is -2.33. The topological polar surface area (TPSA) is 136 Å². The van der Waals surface area contributed by atoms with Gasteiger partial charge in [0.25, 0.3) is 15.7 Å². The van der Waals surface area contributed by atoms with Crippen LogP contribution in [0.15, 0.2) is 47.4 Å². The Morgan fingerprint density at radius 2 is 1.86 bits per heavy atom. The number of sulfonamides is 1. The molecular formula is C18H20N2O8S. The summed E-state index contributed by atoms with van der Waals surface area (Å²) in [5, 5.41) is 20.2. The molecule has 0 aliphatic carbocycles. The van der Waals surface area contributed by atoms with E-state index in [1.165, 1.54) is 44.6 Å². The molecular weight excluding hydrogens is 404 g/mol. The van der Waals surface area contributed by atoms with Crippen molar-refractivity contribution in [2.45, 2.75) is 17.7 Å². The van der Waals surface area contributed by atoms with Crippen molar-refractivity contribution >= 4 is 27.4 Å². The average Bonchev–Trinajstić information content (AvgIpc) is 2.70. The first-order valence-electron chi connectivity index (χ1n) is 8.42. The summed E-state index contributed by atoms with van der Waals surface area (Å²) in [6, 6.07) is 9.37. The lowest BCUT2D eigenvalue weighted by Gasteiger charge is -2.26. The summed E-state index contributed by atoms with van der Waals surface area (Å²) in [5.74, 6) is -0.518. The van der Waals surface area contributed by atoms with Crippen molar-refractivity contribution in [1.29, 1.82) is 0 Å². The second kappa shape index (κ2) is 9.24. The maximum atomic E-state index is 13.3. The third kappa shape index (κ3) is 4.93. The largest absolute Gasteiger partial charge is 0.497 e. The van der Waals surface area contributed by atoms with E-state index in [1.807, 2.05) is 0 Å². The molecule has 0 unspecified atom stereocenters. The maximum absolute atomic E-state index is 13.3. The molecule has 0 aromatic heterocycles. The number of nitro groups is 1. The summed E-state index contributed by atoms with van der Waals surface area (Å²) in [7, 11) is -1.63. The molecule has 1 N–H and O–H groups in total. The molecule has 0 saturated heterocycles. The van der Waals surface area contributed by atoms with E-state index in [2.05, 4.69) is 0 Å². The summed E-state index contributed by atoms with van der Waals surface area (Å²) in [6.07, 6.45) is -0.286. The lowest BCUT2D eigenvalue weighted by molar-refractivity contribution is -0.387. The zero-order valence-corrected chi connectivity index (χ0v) is 16.6. The van der Waals surface area contributed by atoms with Crippen LogP contribution in [0.5, 0.6) is 11.5 Å². The van der Waals surface area contributed by atoms with Crippen molar-refractivity contribution in [3.05, 3.63) is 52.6 Å². The normalized spacial score (nSPS) is 11.0. The highest BCUT2D eigenvalue weighted by molar-refractivity contribution is 7.93.